The lowest BCUT2D eigenvalue weighted by Crippen LogP contribution is -2.22. The number of nitrogens with zero attached hydrogens (tertiary/aromatic N) is 2. The molecule has 5 rings (SSSR count). The summed E-state index contributed by atoms with van der Waals surface area (Å²) in [5, 5.41) is 0.623. The zero-order valence-corrected chi connectivity index (χ0v) is 28.8. The molecule has 0 atom stereocenters. The first-order chi connectivity index (χ1) is 22.9. The Balaban J connectivity index is 1.44. The van der Waals surface area contributed by atoms with E-state index in [1.165, 1.54) is 24.3 Å². The minimum absolute atomic E-state index is 0.247. The summed E-state index contributed by atoms with van der Waals surface area (Å²) in [6.45, 7) is 6.57. The minimum atomic E-state index is -4.50. The maximum Gasteiger partial charge on any atom is 0.200 e. The van der Waals surface area contributed by atoms with Crippen molar-refractivity contribution in [1.29, 1.82) is 0 Å². The zero-order chi connectivity index (χ0) is 34.5. The number of allylic oxidation sites excluding steroid dienone is 5. The third-order valence-electron chi connectivity index (χ3n) is 8.12. The molecule has 0 spiro atoms. The average Bonchev–Trinajstić information content (AvgIpc) is 3.07. The highest BCUT2D eigenvalue weighted by Gasteiger charge is 2.18. The highest BCUT2D eigenvalue weighted by molar-refractivity contribution is 7.86. The van der Waals surface area contributed by atoms with Gasteiger partial charge in [0.05, 0.1) is 9.79 Å². The molecule has 1 aliphatic rings. The second kappa shape index (κ2) is 14.8. The molecule has 0 aromatic heterocycles. The lowest BCUT2D eigenvalue weighted by molar-refractivity contribution is -0.539. The molecule has 0 bridgehead atoms. The molecule has 48 heavy (non-hydrogen) atoms. The second-order valence-electron chi connectivity index (χ2n) is 11.2. The van der Waals surface area contributed by atoms with E-state index in [4.69, 9.17) is 11.6 Å². The predicted octanol–water partition coefficient (Wildman–Crippen LogP) is 6.78. The van der Waals surface area contributed by atoms with Gasteiger partial charge in [-0.2, -0.15) is 0 Å². The van der Waals surface area contributed by atoms with Crippen LogP contribution in [0.1, 0.15) is 36.1 Å². The summed E-state index contributed by atoms with van der Waals surface area (Å²) in [6, 6.07) is 27.9. The smallest absolute Gasteiger partial charge is 0.200 e. The van der Waals surface area contributed by atoms with Crippen LogP contribution in [0.3, 0.4) is 0 Å². The molecule has 1 aliphatic carbocycles. The molecule has 0 heterocycles. The number of benzene rings is 4. The van der Waals surface area contributed by atoms with Crippen LogP contribution in [0.15, 0.2) is 137 Å². The van der Waals surface area contributed by atoms with E-state index in [1.54, 1.807) is 24.3 Å². The van der Waals surface area contributed by atoms with Crippen LogP contribution in [0.5, 0.6) is 0 Å². The molecule has 0 amide bonds. The fourth-order valence-corrected chi connectivity index (χ4v) is 6.72. The molecular formula is C37H34ClN2O6S2-. The number of halogens is 1. The molecular weight excluding hydrogens is 668 g/mol. The standard InChI is InChI=1S/C37H35ClN2O6S2/c1-3-39(25-27-9-21-33(22-10-27)47(41,42)43)31-17-13-29(14-18-31)37(35-7-5-6-8-36(35)38)30-15-19-32(20-16-30)40(4-2)26-28-11-23-34(24-12-28)48(44,45)46/h5-24H,3-4,25-26H2,1-2H3,(H-,41,42,43,44,45,46)/p-1. The number of rotatable bonds is 11. The Hall–Kier alpha value is -4.32. The lowest BCUT2D eigenvalue weighted by Gasteiger charge is -2.24. The van der Waals surface area contributed by atoms with Gasteiger partial charge in [0.2, 0.25) is 0 Å². The molecule has 4 aromatic rings. The van der Waals surface area contributed by atoms with Crippen LogP contribution in [0.4, 0.5) is 5.69 Å². The summed E-state index contributed by atoms with van der Waals surface area (Å²) < 4.78 is 70.1. The molecule has 0 saturated heterocycles. The van der Waals surface area contributed by atoms with Crippen molar-refractivity contribution in [2.75, 3.05) is 18.0 Å². The van der Waals surface area contributed by atoms with Crippen molar-refractivity contribution in [2.45, 2.75) is 36.7 Å². The Morgan fingerprint density at radius 2 is 1.25 bits per heavy atom. The monoisotopic (exact) mass is 701 g/mol. The van der Waals surface area contributed by atoms with Gasteiger partial charge in [0.15, 0.2) is 12.3 Å². The molecule has 0 aliphatic heterocycles. The first-order valence-electron chi connectivity index (χ1n) is 15.3. The largest absolute Gasteiger partial charge is 0.744 e. The average molecular weight is 702 g/mol. The van der Waals surface area contributed by atoms with E-state index < -0.39 is 20.2 Å². The summed E-state index contributed by atoms with van der Waals surface area (Å²) in [7, 11) is -9.00. The van der Waals surface area contributed by atoms with Gasteiger partial charge in [-0.05, 0) is 90.7 Å². The van der Waals surface area contributed by atoms with Crippen molar-refractivity contribution in [3.8, 4) is 0 Å². The van der Waals surface area contributed by atoms with E-state index in [9.17, 15) is 25.9 Å². The molecule has 0 fully saturated rings. The van der Waals surface area contributed by atoms with Crippen molar-refractivity contribution in [3.05, 3.63) is 154 Å². The molecule has 8 nitrogen and oxygen atoms in total. The molecule has 0 unspecified atom stereocenters. The van der Waals surface area contributed by atoms with Crippen molar-refractivity contribution in [1.82, 2.24) is 0 Å². The zero-order valence-electron chi connectivity index (χ0n) is 26.4. The summed E-state index contributed by atoms with van der Waals surface area (Å²) in [5.41, 5.74) is 7.53. The maximum absolute atomic E-state index is 11.3. The first kappa shape index (κ1) is 35.0. The number of anilines is 1. The van der Waals surface area contributed by atoms with Crippen LogP contribution < -0.4 is 4.90 Å². The van der Waals surface area contributed by atoms with Crippen LogP contribution in [-0.4, -0.2) is 49.3 Å². The van der Waals surface area contributed by atoms with Gasteiger partial charge in [-0.25, -0.2) is 21.4 Å². The molecule has 11 heteroatoms. The Morgan fingerprint density at radius 1 is 0.708 bits per heavy atom. The Morgan fingerprint density at radius 3 is 1.75 bits per heavy atom. The number of hydrogen-bond donors (Lipinski definition) is 0. The van der Waals surface area contributed by atoms with Crippen LogP contribution in [0, 0.1) is 0 Å². The normalized spacial score (nSPS) is 13.1. The van der Waals surface area contributed by atoms with Crippen LogP contribution in [0.2, 0.25) is 5.02 Å². The molecule has 4 aromatic carbocycles. The van der Waals surface area contributed by atoms with E-state index in [2.05, 4.69) is 33.8 Å². The van der Waals surface area contributed by atoms with Gasteiger partial charge in [-0.3, -0.25) is 0 Å². The Kier molecular flexibility index (Phi) is 10.8. The quantitative estimate of drug-likeness (QED) is 0.125. The SMILES string of the molecule is CCN(Cc1ccc(S(=O)(=O)[O-])cc1)c1ccc(C(=C2C=CC(=[N+](CC)Cc3ccc(S(=O)(=O)[O-])cc3)C=C2)c2ccccc2Cl)cc1. The van der Waals surface area contributed by atoms with Gasteiger partial charge >= 0.3 is 0 Å². The summed E-state index contributed by atoms with van der Waals surface area (Å²) in [5.74, 6) is 0. The van der Waals surface area contributed by atoms with E-state index in [0.717, 1.165) is 44.8 Å². The van der Waals surface area contributed by atoms with E-state index in [0.29, 0.717) is 31.2 Å². The van der Waals surface area contributed by atoms with Gasteiger partial charge in [-0.15, -0.1) is 0 Å². The van der Waals surface area contributed by atoms with Crippen molar-refractivity contribution >= 4 is 48.8 Å². The van der Waals surface area contributed by atoms with Crippen LogP contribution in [-0.2, 0) is 33.3 Å². The summed E-state index contributed by atoms with van der Waals surface area (Å²) in [6.07, 6.45) is 8.20. The lowest BCUT2D eigenvalue weighted by atomic mass is 9.90. The fraction of sp³-hybridized carbons (Fsp3) is 0.162. The van der Waals surface area contributed by atoms with Gasteiger partial charge in [-0.1, -0.05) is 66.2 Å². The highest BCUT2D eigenvalue weighted by Crippen LogP contribution is 2.35. The maximum atomic E-state index is 11.3. The molecule has 248 valence electrons. The highest BCUT2D eigenvalue weighted by atomic mass is 35.5. The second-order valence-corrected chi connectivity index (χ2v) is 14.3. The summed E-state index contributed by atoms with van der Waals surface area (Å²) in [4.78, 5) is 1.66. The minimum Gasteiger partial charge on any atom is -0.744 e. The first-order valence-corrected chi connectivity index (χ1v) is 18.5. The Bertz CT molecular complexity index is 2120. The fourth-order valence-electron chi connectivity index (χ4n) is 5.55. The number of hydrogen-bond acceptors (Lipinski definition) is 7. The van der Waals surface area contributed by atoms with E-state index in [-0.39, 0.29) is 9.79 Å². The van der Waals surface area contributed by atoms with Crippen LogP contribution in [0.25, 0.3) is 5.57 Å². The van der Waals surface area contributed by atoms with Crippen LogP contribution >= 0.6 is 11.6 Å². The van der Waals surface area contributed by atoms with E-state index in [1.807, 2.05) is 62.4 Å². The third kappa shape index (κ3) is 8.39. The summed E-state index contributed by atoms with van der Waals surface area (Å²) >= 11 is 6.73. The van der Waals surface area contributed by atoms with Crippen molar-refractivity contribution in [3.63, 3.8) is 0 Å². The topological polar surface area (TPSA) is 121 Å². The molecule has 0 saturated carbocycles. The predicted molar refractivity (Wildman–Crippen MR) is 187 cm³/mol. The van der Waals surface area contributed by atoms with Gasteiger partial charge in [0.1, 0.15) is 26.8 Å². The third-order valence-corrected chi connectivity index (χ3v) is 10.1. The molecule has 0 radical (unpaired) electrons. The van der Waals surface area contributed by atoms with E-state index >= 15 is 0 Å². The van der Waals surface area contributed by atoms with Crippen molar-refractivity contribution in [2.24, 2.45) is 0 Å². The molecule has 0 N–H and O–H groups in total. The van der Waals surface area contributed by atoms with Gasteiger partial charge in [0.25, 0.3) is 0 Å². The van der Waals surface area contributed by atoms with Gasteiger partial charge in [0, 0.05) is 47.1 Å². The Labute approximate surface area is 287 Å². The van der Waals surface area contributed by atoms with Gasteiger partial charge < -0.3 is 14.0 Å². The van der Waals surface area contributed by atoms with Crippen molar-refractivity contribution < 1.29 is 30.5 Å².